The zero-order valence-electron chi connectivity index (χ0n) is 12.5. The molecular weight excluding hydrogens is 252 g/mol. The van der Waals surface area contributed by atoms with Gasteiger partial charge >= 0.3 is 5.97 Å². The smallest absolute Gasteiger partial charge is 0.303 e. The lowest BCUT2D eigenvalue weighted by Gasteiger charge is -2.04. The number of aliphatic hydroxyl groups excluding tert-OH is 1. The van der Waals surface area contributed by atoms with Gasteiger partial charge in [-0.05, 0) is 25.7 Å². The lowest BCUT2D eigenvalue weighted by atomic mass is 10.1. The zero-order valence-corrected chi connectivity index (χ0v) is 12.5. The Bertz CT molecular complexity index is 316. The van der Waals surface area contributed by atoms with Crippen LogP contribution in [0.5, 0.6) is 0 Å². The second-order valence-electron chi connectivity index (χ2n) is 4.84. The summed E-state index contributed by atoms with van der Waals surface area (Å²) >= 11 is 0. The van der Waals surface area contributed by atoms with Gasteiger partial charge in [0, 0.05) is 6.42 Å². The van der Waals surface area contributed by atoms with Crippen LogP contribution >= 0.6 is 0 Å². The number of aliphatic carboxylic acids is 1. The van der Waals surface area contributed by atoms with Crippen LogP contribution in [-0.2, 0) is 4.79 Å². The molecule has 0 amide bonds. The number of carboxylic acid groups (broad SMARTS) is 1. The maximum absolute atomic E-state index is 10.3. The van der Waals surface area contributed by atoms with Gasteiger partial charge in [0.25, 0.3) is 0 Å². The average molecular weight is 280 g/mol. The van der Waals surface area contributed by atoms with E-state index in [0.29, 0.717) is 0 Å². The third-order valence-electron chi connectivity index (χ3n) is 2.90. The molecule has 2 N–H and O–H groups in total. The van der Waals surface area contributed by atoms with Crippen LogP contribution in [0.4, 0.5) is 0 Å². The molecule has 0 radical (unpaired) electrons. The van der Waals surface area contributed by atoms with Crippen molar-refractivity contribution in [1.82, 2.24) is 0 Å². The van der Waals surface area contributed by atoms with Crippen molar-refractivity contribution >= 4 is 5.97 Å². The number of allylic oxidation sites excluding steroid dienone is 5. The molecule has 0 saturated carbocycles. The third kappa shape index (κ3) is 14.7. The summed E-state index contributed by atoms with van der Waals surface area (Å²) in [5, 5.41) is 18.2. The van der Waals surface area contributed by atoms with Crippen LogP contribution in [-0.4, -0.2) is 22.3 Å². The van der Waals surface area contributed by atoms with Crippen LogP contribution in [0.25, 0.3) is 0 Å². The predicted molar refractivity (Wildman–Crippen MR) is 83.7 cm³/mol. The van der Waals surface area contributed by atoms with Crippen LogP contribution in [0.15, 0.2) is 36.5 Å². The van der Waals surface area contributed by atoms with Crippen molar-refractivity contribution in [1.29, 1.82) is 0 Å². The van der Waals surface area contributed by atoms with E-state index in [1.165, 1.54) is 0 Å². The average Bonchev–Trinajstić information content (AvgIpc) is 2.41. The Labute approximate surface area is 122 Å². The van der Waals surface area contributed by atoms with Crippen molar-refractivity contribution in [2.75, 3.05) is 0 Å². The number of aliphatic hydroxyl groups is 1. The minimum Gasteiger partial charge on any atom is -0.481 e. The number of carboxylic acids is 1. The molecule has 3 nitrogen and oxygen atoms in total. The highest BCUT2D eigenvalue weighted by molar-refractivity contribution is 5.66. The van der Waals surface area contributed by atoms with Gasteiger partial charge in [-0.15, -0.1) is 0 Å². The monoisotopic (exact) mass is 280 g/mol. The standard InChI is InChI=1S/C17H28O3/c1-2-3-4-5-6-7-10-13-16(18)14-11-8-9-12-15-17(19)20/h3-4,6-7,10,13,16,18H,2,5,8-9,11-12,14-15H2,1H3,(H,19,20). The number of hydrogen-bond acceptors (Lipinski definition) is 2. The van der Waals surface area contributed by atoms with E-state index >= 15 is 0 Å². The number of rotatable bonds is 12. The maximum Gasteiger partial charge on any atom is 0.303 e. The Balaban J connectivity index is 3.50. The van der Waals surface area contributed by atoms with Gasteiger partial charge in [0.05, 0.1) is 6.10 Å². The molecule has 0 aromatic carbocycles. The third-order valence-corrected chi connectivity index (χ3v) is 2.90. The van der Waals surface area contributed by atoms with Crippen molar-refractivity contribution in [3.05, 3.63) is 36.5 Å². The Hall–Kier alpha value is -1.35. The van der Waals surface area contributed by atoms with E-state index in [9.17, 15) is 9.90 Å². The fourth-order valence-corrected chi connectivity index (χ4v) is 1.77. The Morgan fingerprint density at radius 3 is 2.50 bits per heavy atom. The summed E-state index contributed by atoms with van der Waals surface area (Å²) in [4.78, 5) is 10.3. The van der Waals surface area contributed by atoms with Crippen LogP contribution in [0, 0.1) is 0 Å². The second kappa shape index (κ2) is 14.1. The topological polar surface area (TPSA) is 57.5 Å². The first kappa shape index (κ1) is 18.7. The second-order valence-corrected chi connectivity index (χ2v) is 4.84. The fourth-order valence-electron chi connectivity index (χ4n) is 1.77. The van der Waals surface area contributed by atoms with Crippen molar-refractivity contribution in [3.63, 3.8) is 0 Å². The summed E-state index contributed by atoms with van der Waals surface area (Å²) in [6, 6.07) is 0. The SMILES string of the molecule is CCC=CCC=CC=CC(O)CCCCCCC(=O)O. The molecule has 0 spiro atoms. The molecule has 0 rings (SSSR count). The van der Waals surface area contributed by atoms with Gasteiger partial charge in [-0.25, -0.2) is 0 Å². The highest BCUT2D eigenvalue weighted by Gasteiger charge is 1.99. The quantitative estimate of drug-likeness (QED) is 0.319. The van der Waals surface area contributed by atoms with Crippen molar-refractivity contribution in [3.8, 4) is 0 Å². The zero-order chi connectivity index (χ0) is 15.1. The van der Waals surface area contributed by atoms with Gasteiger partial charge in [-0.3, -0.25) is 4.79 Å². The summed E-state index contributed by atoms with van der Waals surface area (Å²) < 4.78 is 0. The molecule has 0 aromatic rings. The summed E-state index contributed by atoms with van der Waals surface area (Å²) in [7, 11) is 0. The number of unbranched alkanes of at least 4 members (excludes halogenated alkanes) is 3. The van der Waals surface area contributed by atoms with E-state index < -0.39 is 12.1 Å². The Morgan fingerprint density at radius 1 is 1.05 bits per heavy atom. The van der Waals surface area contributed by atoms with E-state index in [2.05, 4.69) is 25.2 Å². The summed E-state index contributed by atoms with van der Waals surface area (Å²) in [5.74, 6) is -0.728. The summed E-state index contributed by atoms with van der Waals surface area (Å²) in [6.45, 7) is 2.11. The summed E-state index contributed by atoms with van der Waals surface area (Å²) in [5.41, 5.74) is 0. The minimum absolute atomic E-state index is 0.250. The first-order chi connectivity index (χ1) is 9.66. The number of hydrogen-bond donors (Lipinski definition) is 2. The predicted octanol–water partition coefficient (Wildman–Crippen LogP) is 4.24. The molecule has 0 heterocycles. The van der Waals surface area contributed by atoms with E-state index in [-0.39, 0.29) is 6.42 Å². The molecule has 114 valence electrons. The molecule has 0 aliphatic rings. The van der Waals surface area contributed by atoms with Gasteiger partial charge in [0.15, 0.2) is 0 Å². The van der Waals surface area contributed by atoms with Crippen molar-refractivity contribution < 1.29 is 15.0 Å². The van der Waals surface area contributed by atoms with E-state index in [1.807, 2.05) is 12.2 Å². The van der Waals surface area contributed by atoms with Crippen LogP contribution in [0.2, 0.25) is 0 Å². The molecule has 0 aliphatic heterocycles. The number of carbonyl (C=O) groups is 1. The van der Waals surface area contributed by atoms with Gasteiger partial charge in [0.1, 0.15) is 0 Å². The molecule has 1 atom stereocenters. The lowest BCUT2D eigenvalue weighted by Crippen LogP contribution is -2.01. The molecule has 20 heavy (non-hydrogen) atoms. The highest BCUT2D eigenvalue weighted by atomic mass is 16.4. The minimum atomic E-state index is -0.728. The highest BCUT2D eigenvalue weighted by Crippen LogP contribution is 2.08. The summed E-state index contributed by atoms with van der Waals surface area (Å²) in [6.07, 6.45) is 18.1. The molecule has 0 aromatic heterocycles. The van der Waals surface area contributed by atoms with Crippen LogP contribution in [0.1, 0.15) is 58.3 Å². The normalized spacial score (nSPS) is 13.7. The van der Waals surface area contributed by atoms with E-state index in [0.717, 1.165) is 44.9 Å². The molecular formula is C17H28O3. The fraction of sp³-hybridized carbons (Fsp3) is 0.588. The van der Waals surface area contributed by atoms with Gasteiger partial charge < -0.3 is 10.2 Å². The first-order valence-corrected chi connectivity index (χ1v) is 7.55. The van der Waals surface area contributed by atoms with Crippen molar-refractivity contribution in [2.45, 2.75) is 64.4 Å². The Kier molecular flexibility index (Phi) is 13.1. The van der Waals surface area contributed by atoms with Crippen molar-refractivity contribution in [2.24, 2.45) is 0 Å². The molecule has 0 bridgehead atoms. The molecule has 0 aliphatic carbocycles. The molecule has 0 saturated heterocycles. The van der Waals surface area contributed by atoms with E-state index in [4.69, 9.17) is 5.11 Å². The van der Waals surface area contributed by atoms with Gasteiger partial charge in [-0.2, -0.15) is 0 Å². The van der Waals surface area contributed by atoms with E-state index in [1.54, 1.807) is 6.08 Å². The van der Waals surface area contributed by atoms with Gasteiger partial charge in [0.2, 0.25) is 0 Å². The maximum atomic E-state index is 10.3. The first-order valence-electron chi connectivity index (χ1n) is 7.55. The van der Waals surface area contributed by atoms with Gasteiger partial charge in [-0.1, -0.05) is 62.6 Å². The largest absolute Gasteiger partial charge is 0.481 e. The molecule has 1 unspecified atom stereocenters. The Morgan fingerprint density at radius 2 is 1.80 bits per heavy atom. The molecule has 0 fully saturated rings. The van der Waals surface area contributed by atoms with Crippen LogP contribution in [0.3, 0.4) is 0 Å². The van der Waals surface area contributed by atoms with Crippen LogP contribution < -0.4 is 0 Å². The lowest BCUT2D eigenvalue weighted by molar-refractivity contribution is -0.137. The molecule has 3 heteroatoms.